The van der Waals surface area contributed by atoms with Crippen LogP contribution in [0.3, 0.4) is 0 Å². The maximum absolute atomic E-state index is 4.37. The quantitative estimate of drug-likeness (QED) is 0.736. The maximum Gasteiger partial charge on any atom is 0.0953 e. The lowest BCUT2D eigenvalue weighted by atomic mass is 10.2. The standard InChI is InChI=1S/C10H18N2S/c1-4-5-11-6-9-7-12-10(13-9)8(2)3/h7-8,11H,4-6H2,1-3H3. The highest BCUT2D eigenvalue weighted by Gasteiger charge is 2.04. The fourth-order valence-electron chi connectivity index (χ4n) is 1.06. The van der Waals surface area contributed by atoms with Crippen LogP contribution in [-0.4, -0.2) is 11.5 Å². The molecule has 1 aromatic heterocycles. The molecule has 0 unspecified atom stereocenters. The van der Waals surface area contributed by atoms with Gasteiger partial charge in [0, 0.05) is 23.5 Å². The molecule has 0 saturated heterocycles. The molecule has 0 aliphatic heterocycles. The highest BCUT2D eigenvalue weighted by atomic mass is 32.1. The first-order valence-corrected chi connectivity index (χ1v) is 5.71. The second-order valence-corrected chi connectivity index (χ2v) is 4.64. The Hall–Kier alpha value is -0.410. The molecule has 1 aromatic rings. The first-order valence-electron chi connectivity index (χ1n) is 4.89. The molecule has 1 heterocycles. The Morgan fingerprint density at radius 2 is 2.31 bits per heavy atom. The van der Waals surface area contributed by atoms with E-state index in [4.69, 9.17) is 0 Å². The number of nitrogens with one attached hydrogen (secondary N) is 1. The van der Waals surface area contributed by atoms with Crippen LogP contribution in [0.15, 0.2) is 6.20 Å². The SMILES string of the molecule is CCCNCc1cnc(C(C)C)s1. The average molecular weight is 198 g/mol. The molecule has 0 bridgehead atoms. The van der Waals surface area contributed by atoms with Gasteiger partial charge < -0.3 is 5.32 Å². The lowest BCUT2D eigenvalue weighted by Crippen LogP contribution is -2.12. The molecule has 1 N–H and O–H groups in total. The highest BCUT2D eigenvalue weighted by Crippen LogP contribution is 2.20. The van der Waals surface area contributed by atoms with E-state index in [9.17, 15) is 0 Å². The van der Waals surface area contributed by atoms with Crippen LogP contribution in [-0.2, 0) is 6.54 Å². The zero-order valence-corrected chi connectivity index (χ0v) is 9.45. The number of hydrogen-bond acceptors (Lipinski definition) is 3. The molecule has 1 rings (SSSR count). The van der Waals surface area contributed by atoms with Gasteiger partial charge in [0.1, 0.15) is 0 Å². The summed E-state index contributed by atoms with van der Waals surface area (Å²) in [6.45, 7) is 8.61. The molecule has 0 fully saturated rings. The van der Waals surface area contributed by atoms with E-state index < -0.39 is 0 Å². The van der Waals surface area contributed by atoms with E-state index in [-0.39, 0.29) is 0 Å². The van der Waals surface area contributed by atoms with E-state index >= 15 is 0 Å². The zero-order chi connectivity index (χ0) is 9.68. The number of thiazole rings is 1. The van der Waals surface area contributed by atoms with E-state index in [0.717, 1.165) is 13.1 Å². The Bertz CT molecular complexity index is 243. The number of aromatic nitrogens is 1. The largest absolute Gasteiger partial charge is 0.312 e. The van der Waals surface area contributed by atoms with Crippen LogP contribution >= 0.6 is 11.3 Å². The summed E-state index contributed by atoms with van der Waals surface area (Å²) in [5, 5.41) is 4.62. The van der Waals surface area contributed by atoms with Crippen molar-refractivity contribution < 1.29 is 0 Å². The molecular formula is C10H18N2S. The topological polar surface area (TPSA) is 24.9 Å². The normalized spacial score (nSPS) is 11.1. The van der Waals surface area contributed by atoms with Gasteiger partial charge in [-0.2, -0.15) is 0 Å². The summed E-state index contributed by atoms with van der Waals surface area (Å²) in [6.07, 6.45) is 3.18. The average Bonchev–Trinajstić information content (AvgIpc) is 2.53. The zero-order valence-electron chi connectivity index (χ0n) is 8.63. The van der Waals surface area contributed by atoms with Gasteiger partial charge in [0.25, 0.3) is 0 Å². The van der Waals surface area contributed by atoms with Crippen molar-refractivity contribution >= 4 is 11.3 Å². The summed E-state index contributed by atoms with van der Waals surface area (Å²) < 4.78 is 0. The summed E-state index contributed by atoms with van der Waals surface area (Å²) in [4.78, 5) is 5.72. The van der Waals surface area contributed by atoms with Crippen molar-refractivity contribution in [3.63, 3.8) is 0 Å². The van der Waals surface area contributed by atoms with E-state index in [2.05, 4.69) is 31.1 Å². The molecule has 0 saturated carbocycles. The number of hydrogen-bond donors (Lipinski definition) is 1. The molecule has 0 spiro atoms. The second kappa shape index (κ2) is 5.35. The Labute approximate surface area is 84.4 Å². The molecule has 0 amide bonds. The van der Waals surface area contributed by atoms with Crippen LogP contribution in [0.5, 0.6) is 0 Å². The lowest BCUT2D eigenvalue weighted by molar-refractivity contribution is 0.681. The number of nitrogens with zero attached hydrogens (tertiary/aromatic N) is 1. The van der Waals surface area contributed by atoms with Gasteiger partial charge >= 0.3 is 0 Å². The monoisotopic (exact) mass is 198 g/mol. The van der Waals surface area contributed by atoms with Gasteiger partial charge in [0.2, 0.25) is 0 Å². The molecule has 0 radical (unpaired) electrons. The molecule has 0 aliphatic rings. The fraction of sp³-hybridized carbons (Fsp3) is 0.700. The van der Waals surface area contributed by atoms with Crippen molar-refractivity contribution in [2.75, 3.05) is 6.54 Å². The van der Waals surface area contributed by atoms with Crippen LogP contribution < -0.4 is 5.32 Å². The second-order valence-electron chi connectivity index (χ2n) is 3.50. The van der Waals surface area contributed by atoms with Gasteiger partial charge in [0.05, 0.1) is 5.01 Å². The Morgan fingerprint density at radius 3 is 2.85 bits per heavy atom. The van der Waals surface area contributed by atoms with E-state index in [1.165, 1.54) is 16.3 Å². The molecule has 13 heavy (non-hydrogen) atoms. The van der Waals surface area contributed by atoms with Gasteiger partial charge in [-0.1, -0.05) is 20.8 Å². The molecule has 0 atom stereocenters. The van der Waals surface area contributed by atoms with Crippen molar-refractivity contribution in [1.29, 1.82) is 0 Å². The predicted octanol–water partition coefficient (Wildman–Crippen LogP) is 2.77. The van der Waals surface area contributed by atoms with Crippen LogP contribution in [0, 0.1) is 0 Å². The molecular weight excluding hydrogens is 180 g/mol. The van der Waals surface area contributed by atoms with Crippen LogP contribution in [0.25, 0.3) is 0 Å². The first kappa shape index (κ1) is 10.7. The summed E-state index contributed by atoms with van der Waals surface area (Å²) in [5.74, 6) is 0.560. The fourth-order valence-corrected chi connectivity index (χ4v) is 1.95. The third-order valence-corrected chi connectivity index (χ3v) is 3.09. The minimum atomic E-state index is 0.560. The molecule has 3 heteroatoms. The summed E-state index contributed by atoms with van der Waals surface area (Å²) in [7, 11) is 0. The highest BCUT2D eigenvalue weighted by molar-refractivity contribution is 7.11. The Kier molecular flexibility index (Phi) is 4.39. The van der Waals surface area contributed by atoms with Gasteiger partial charge in [-0.15, -0.1) is 11.3 Å². The Balaban J connectivity index is 2.40. The minimum absolute atomic E-state index is 0.560. The van der Waals surface area contributed by atoms with Gasteiger partial charge in [-0.3, -0.25) is 0 Å². The van der Waals surface area contributed by atoms with E-state index in [1.54, 1.807) is 0 Å². The molecule has 74 valence electrons. The summed E-state index contributed by atoms with van der Waals surface area (Å²) in [5.41, 5.74) is 0. The third kappa shape index (κ3) is 3.44. The van der Waals surface area contributed by atoms with Gasteiger partial charge in [-0.25, -0.2) is 4.98 Å². The van der Waals surface area contributed by atoms with E-state index in [0.29, 0.717) is 5.92 Å². The van der Waals surface area contributed by atoms with Gasteiger partial charge in [-0.05, 0) is 13.0 Å². The van der Waals surface area contributed by atoms with Crippen LogP contribution in [0.1, 0.15) is 43.0 Å². The van der Waals surface area contributed by atoms with Crippen molar-refractivity contribution in [3.05, 3.63) is 16.1 Å². The molecule has 0 aliphatic carbocycles. The summed E-state index contributed by atoms with van der Waals surface area (Å²) >= 11 is 1.82. The number of rotatable bonds is 5. The maximum atomic E-state index is 4.37. The van der Waals surface area contributed by atoms with Crippen molar-refractivity contribution in [1.82, 2.24) is 10.3 Å². The molecule has 2 nitrogen and oxygen atoms in total. The van der Waals surface area contributed by atoms with Crippen molar-refractivity contribution in [2.24, 2.45) is 0 Å². The predicted molar refractivity (Wildman–Crippen MR) is 58.2 cm³/mol. The Morgan fingerprint density at radius 1 is 1.54 bits per heavy atom. The van der Waals surface area contributed by atoms with E-state index in [1.807, 2.05) is 17.5 Å². The lowest BCUT2D eigenvalue weighted by Gasteiger charge is -1.98. The van der Waals surface area contributed by atoms with Gasteiger partial charge in [0.15, 0.2) is 0 Å². The third-order valence-electron chi connectivity index (χ3n) is 1.79. The van der Waals surface area contributed by atoms with Crippen LogP contribution in [0.2, 0.25) is 0 Å². The first-order chi connectivity index (χ1) is 6.24. The smallest absolute Gasteiger partial charge is 0.0953 e. The summed E-state index contributed by atoms with van der Waals surface area (Å²) in [6, 6.07) is 0. The van der Waals surface area contributed by atoms with Crippen molar-refractivity contribution in [3.8, 4) is 0 Å². The molecule has 0 aromatic carbocycles. The minimum Gasteiger partial charge on any atom is -0.312 e. The van der Waals surface area contributed by atoms with Crippen molar-refractivity contribution in [2.45, 2.75) is 39.7 Å². The van der Waals surface area contributed by atoms with Crippen LogP contribution in [0.4, 0.5) is 0 Å².